The van der Waals surface area contributed by atoms with Gasteiger partial charge in [-0.25, -0.2) is 0 Å². The van der Waals surface area contributed by atoms with Crippen molar-refractivity contribution in [2.45, 2.75) is 38.0 Å². The maximum absolute atomic E-state index is 11.0. The van der Waals surface area contributed by atoms with Gasteiger partial charge in [-0.2, -0.15) is 5.10 Å². The summed E-state index contributed by atoms with van der Waals surface area (Å²) >= 11 is 0. The third-order valence-corrected chi connectivity index (χ3v) is 3.34. The first-order valence-electron chi connectivity index (χ1n) is 5.36. The summed E-state index contributed by atoms with van der Waals surface area (Å²) in [5.41, 5.74) is 2.01. The average molecular weight is 208 g/mol. The molecule has 0 amide bonds. The minimum atomic E-state index is -0.774. The van der Waals surface area contributed by atoms with Gasteiger partial charge < -0.3 is 5.11 Å². The van der Waals surface area contributed by atoms with Crippen LogP contribution in [0.5, 0.6) is 0 Å². The van der Waals surface area contributed by atoms with Gasteiger partial charge in [-0.3, -0.25) is 9.48 Å². The number of carboxylic acid groups (broad SMARTS) is 1. The lowest BCUT2D eigenvalue weighted by molar-refractivity contribution is -0.138. The van der Waals surface area contributed by atoms with Crippen molar-refractivity contribution >= 4 is 5.97 Å². The van der Waals surface area contributed by atoms with Crippen LogP contribution >= 0.6 is 0 Å². The molecule has 82 valence electrons. The number of nitrogens with zero attached hydrogens (tertiary/aromatic N) is 2. The zero-order valence-electron chi connectivity index (χ0n) is 9.10. The van der Waals surface area contributed by atoms with Gasteiger partial charge in [-0.05, 0) is 19.8 Å². The molecule has 0 aromatic carbocycles. The van der Waals surface area contributed by atoms with Gasteiger partial charge >= 0.3 is 5.97 Å². The summed E-state index contributed by atoms with van der Waals surface area (Å²) in [6.07, 6.45) is 5.28. The summed E-state index contributed by atoms with van der Waals surface area (Å²) in [6.45, 7) is 1.72. The second kappa shape index (κ2) is 3.68. The molecule has 15 heavy (non-hydrogen) atoms. The highest BCUT2D eigenvalue weighted by Gasteiger charge is 2.29. The van der Waals surface area contributed by atoms with Crippen molar-refractivity contribution in [2.24, 2.45) is 7.05 Å². The minimum absolute atomic E-state index is 0.450. The summed E-state index contributed by atoms with van der Waals surface area (Å²) in [4.78, 5) is 11.0. The van der Waals surface area contributed by atoms with Gasteiger partial charge in [0.25, 0.3) is 0 Å². The third kappa shape index (κ3) is 1.64. The van der Waals surface area contributed by atoms with Crippen molar-refractivity contribution in [3.8, 4) is 0 Å². The van der Waals surface area contributed by atoms with Crippen LogP contribution in [-0.4, -0.2) is 20.9 Å². The van der Waals surface area contributed by atoms with Crippen LogP contribution < -0.4 is 0 Å². The standard InChI is InChI=1S/C11H16N2O2/c1-7(11(14)15)9-6-12-13(2)10(9)8-4-3-5-8/h6-8H,3-5H2,1-2H3,(H,14,15). The summed E-state index contributed by atoms with van der Waals surface area (Å²) in [5.74, 6) is -0.702. The molecule has 0 radical (unpaired) electrons. The maximum atomic E-state index is 11.0. The molecule has 4 heteroatoms. The van der Waals surface area contributed by atoms with Crippen LogP contribution in [0.2, 0.25) is 0 Å². The molecule has 1 aliphatic carbocycles. The van der Waals surface area contributed by atoms with Gasteiger partial charge in [0.1, 0.15) is 0 Å². The normalized spacial score (nSPS) is 18.5. The van der Waals surface area contributed by atoms with E-state index in [1.54, 1.807) is 13.1 Å². The predicted octanol–water partition coefficient (Wildman–Crippen LogP) is 1.88. The predicted molar refractivity (Wildman–Crippen MR) is 55.9 cm³/mol. The van der Waals surface area contributed by atoms with E-state index >= 15 is 0 Å². The van der Waals surface area contributed by atoms with Crippen LogP contribution in [0.3, 0.4) is 0 Å². The molecule has 1 aliphatic rings. The smallest absolute Gasteiger partial charge is 0.310 e. The van der Waals surface area contributed by atoms with E-state index in [0.29, 0.717) is 5.92 Å². The van der Waals surface area contributed by atoms with E-state index < -0.39 is 11.9 Å². The Balaban J connectivity index is 2.34. The van der Waals surface area contributed by atoms with E-state index in [0.717, 1.165) is 11.3 Å². The molecule has 0 spiro atoms. The van der Waals surface area contributed by atoms with Crippen molar-refractivity contribution in [2.75, 3.05) is 0 Å². The molecule has 0 saturated heterocycles. The van der Waals surface area contributed by atoms with Crippen LogP contribution in [0, 0.1) is 0 Å². The lowest BCUT2D eigenvalue weighted by Crippen LogP contribution is -2.17. The van der Waals surface area contributed by atoms with Crippen LogP contribution in [0.1, 0.15) is 49.3 Å². The highest BCUT2D eigenvalue weighted by atomic mass is 16.4. The molecule has 2 rings (SSSR count). The number of aliphatic carboxylic acids is 1. The molecule has 1 fully saturated rings. The molecule has 1 saturated carbocycles. The van der Waals surface area contributed by atoms with Crippen molar-refractivity contribution in [1.82, 2.24) is 9.78 Å². The molecule has 1 atom stereocenters. The molecule has 1 aromatic heterocycles. The molecule has 0 aliphatic heterocycles. The zero-order chi connectivity index (χ0) is 11.0. The van der Waals surface area contributed by atoms with Crippen LogP contribution in [0.4, 0.5) is 0 Å². The van der Waals surface area contributed by atoms with Crippen LogP contribution in [-0.2, 0) is 11.8 Å². The number of aryl methyl sites for hydroxylation is 1. The summed E-state index contributed by atoms with van der Waals surface area (Å²) in [5, 5.41) is 13.2. The first kappa shape index (κ1) is 10.2. The molecule has 1 heterocycles. The summed E-state index contributed by atoms with van der Waals surface area (Å²) in [7, 11) is 1.89. The quantitative estimate of drug-likeness (QED) is 0.825. The lowest BCUT2D eigenvalue weighted by Gasteiger charge is -2.27. The lowest BCUT2D eigenvalue weighted by atomic mass is 9.80. The molecule has 1 N–H and O–H groups in total. The van der Waals surface area contributed by atoms with Gasteiger partial charge in [-0.15, -0.1) is 0 Å². The van der Waals surface area contributed by atoms with Crippen molar-refractivity contribution in [1.29, 1.82) is 0 Å². The second-order valence-electron chi connectivity index (χ2n) is 4.30. The molecule has 1 unspecified atom stereocenters. The van der Waals surface area contributed by atoms with Crippen molar-refractivity contribution in [3.05, 3.63) is 17.5 Å². The zero-order valence-corrected chi connectivity index (χ0v) is 9.10. The highest BCUT2D eigenvalue weighted by molar-refractivity contribution is 5.75. The Hall–Kier alpha value is -1.32. The largest absolute Gasteiger partial charge is 0.481 e. The fourth-order valence-corrected chi connectivity index (χ4v) is 2.11. The van der Waals surface area contributed by atoms with Gasteiger partial charge in [0.15, 0.2) is 0 Å². The molecular weight excluding hydrogens is 192 g/mol. The summed E-state index contributed by atoms with van der Waals surface area (Å²) in [6, 6.07) is 0. The second-order valence-corrected chi connectivity index (χ2v) is 4.30. The van der Waals surface area contributed by atoms with Crippen molar-refractivity contribution < 1.29 is 9.90 Å². The van der Waals surface area contributed by atoms with Crippen LogP contribution in [0.25, 0.3) is 0 Å². The summed E-state index contributed by atoms with van der Waals surface area (Å²) < 4.78 is 1.83. The van der Waals surface area contributed by atoms with E-state index in [1.807, 2.05) is 11.7 Å². The Kier molecular flexibility index (Phi) is 2.50. The topological polar surface area (TPSA) is 55.1 Å². The monoisotopic (exact) mass is 208 g/mol. The van der Waals surface area contributed by atoms with E-state index in [4.69, 9.17) is 5.11 Å². The first-order chi connectivity index (χ1) is 7.11. The Morgan fingerprint density at radius 2 is 2.33 bits per heavy atom. The number of rotatable bonds is 3. The molecule has 1 aromatic rings. The average Bonchev–Trinajstić information content (AvgIpc) is 2.45. The van der Waals surface area contributed by atoms with E-state index in [1.165, 1.54) is 19.3 Å². The fourth-order valence-electron chi connectivity index (χ4n) is 2.11. The first-order valence-corrected chi connectivity index (χ1v) is 5.36. The SMILES string of the molecule is CC(C(=O)O)c1cnn(C)c1C1CCC1. The van der Waals surface area contributed by atoms with E-state index in [2.05, 4.69) is 5.10 Å². The Labute approximate surface area is 88.9 Å². The molecule has 4 nitrogen and oxygen atoms in total. The Morgan fingerprint density at radius 1 is 1.67 bits per heavy atom. The van der Waals surface area contributed by atoms with E-state index in [-0.39, 0.29) is 0 Å². The van der Waals surface area contributed by atoms with Crippen LogP contribution in [0.15, 0.2) is 6.20 Å². The maximum Gasteiger partial charge on any atom is 0.310 e. The number of hydrogen-bond acceptors (Lipinski definition) is 2. The van der Waals surface area contributed by atoms with Crippen molar-refractivity contribution in [3.63, 3.8) is 0 Å². The third-order valence-electron chi connectivity index (χ3n) is 3.34. The van der Waals surface area contributed by atoms with Gasteiger partial charge in [-0.1, -0.05) is 6.42 Å². The molecule has 0 bridgehead atoms. The van der Waals surface area contributed by atoms with Gasteiger partial charge in [0.05, 0.1) is 12.1 Å². The Bertz CT molecular complexity index is 380. The van der Waals surface area contributed by atoms with E-state index in [9.17, 15) is 4.79 Å². The minimum Gasteiger partial charge on any atom is -0.481 e. The number of carboxylic acids is 1. The number of aromatic nitrogens is 2. The fraction of sp³-hybridized carbons (Fsp3) is 0.636. The van der Waals surface area contributed by atoms with Gasteiger partial charge in [0.2, 0.25) is 0 Å². The number of carbonyl (C=O) groups is 1. The highest BCUT2D eigenvalue weighted by Crippen LogP contribution is 2.39. The van der Waals surface area contributed by atoms with Gasteiger partial charge in [0, 0.05) is 24.2 Å². The molecular formula is C11H16N2O2. The Morgan fingerprint density at radius 3 is 2.80 bits per heavy atom. The number of hydrogen-bond donors (Lipinski definition) is 1.